The van der Waals surface area contributed by atoms with Crippen molar-refractivity contribution in [3.63, 3.8) is 0 Å². The van der Waals surface area contributed by atoms with Crippen LogP contribution in [0.3, 0.4) is 0 Å². The Kier molecular flexibility index (Phi) is 6.31. The van der Waals surface area contributed by atoms with Gasteiger partial charge in [0.1, 0.15) is 4.90 Å². The Morgan fingerprint density at radius 3 is 2.55 bits per heavy atom. The third-order valence-electron chi connectivity index (χ3n) is 2.61. The molecule has 0 aliphatic heterocycles. The van der Waals surface area contributed by atoms with Crippen LogP contribution in [-0.4, -0.2) is 20.4 Å². The van der Waals surface area contributed by atoms with Crippen LogP contribution in [0.1, 0.15) is 37.0 Å². The Bertz CT molecular complexity index is 619. The van der Waals surface area contributed by atoms with Crippen LogP contribution in [0.2, 0.25) is 5.02 Å². The first-order valence-corrected chi connectivity index (χ1v) is 9.39. The predicted octanol–water partition coefficient (Wildman–Crippen LogP) is 3.95. The molecule has 0 bridgehead atoms. The van der Waals surface area contributed by atoms with Gasteiger partial charge in [-0.25, -0.2) is 8.42 Å². The molecule has 0 saturated heterocycles. The minimum Gasteiger partial charge on any atom is -0.350 e. The Morgan fingerprint density at radius 1 is 1.45 bits per heavy atom. The first-order valence-electron chi connectivity index (χ1n) is 5.91. The highest BCUT2D eigenvalue weighted by Gasteiger charge is 2.22. The van der Waals surface area contributed by atoms with Gasteiger partial charge in [-0.3, -0.25) is 4.79 Å². The summed E-state index contributed by atoms with van der Waals surface area (Å²) in [6, 6.07) is 2.69. The van der Waals surface area contributed by atoms with Crippen molar-refractivity contribution in [1.82, 2.24) is 5.32 Å². The van der Waals surface area contributed by atoms with Crippen LogP contribution in [0.5, 0.6) is 0 Å². The van der Waals surface area contributed by atoms with Crippen LogP contribution in [0.15, 0.2) is 21.5 Å². The van der Waals surface area contributed by atoms with E-state index in [9.17, 15) is 13.2 Å². The molecule has 1 rings (SSSR count). The number of hydrogen-bond donors (Lipinski definition) is 1. The molecule has 0 radical (unpaired) electrons. The Balaban J connectivity index is 3.19. The van der Waals surface area contributed by atoms with Gasteiger partial charge in [0.05, 0.1) is 10.6 Å². The largest absolute Gasteiger partial charge is 0.350 e. The van der Waals surface area contributed by atoms with Crippen molar-refractivity contribution in [3.05, 3.63) is 27.2 Å². The monoisotopic (exact) mass is 401 g/mol. The summed E-state index contributed by atoms with van der Waals surface area (Å²) in [5, 5.41) is 2.59. The predicted molar refractivity (Wildman–Crippen MR) is 84.0 cm³/mol. The van der Waals surface area contributed by atoms with E-state index >= 15 is 0 Å². The molecule has 4 nitrogen and oxygen atoms in total. The molecule has 112 valence electrons. The molecule has 1 N–H and O–H groups in total. The maximum absolute atomic E-state index is 12.1. The summed E-state index contributed by atoms with van der Waals surface area (Å²) < 4.78 is 23.3. The molecular weight excluding hydrogens is 389 g/mol. The van der Waals surface area contributed by atoms with E-state index in [0.717, 1.165) is 12.8 Å². The summed E-state index contributed by atoms with van der Waals surface area (Å²) in [7, 11) is 1.28. The minimum absolute atomic E-state index is 0.0291. The summed E-state index contributed by atoms with van der Waals surface area (Å²) in [4.78, 5) is 11.8. The molecule has 0 spiro atoms. The summed E-state index contributed by atoms with van der Waals surface area (Å²) in [6.45, 7) is 3.87. The van der Waals surface area contributed by atoms with Gasteiger partial charge in [-0.2, -0.15) is 0 Å². The molecule has 0 heterocycles. The van der Waals surface area contributed by atoms with Gasteiger partial charge in [0.25, 0.3) is 15.0 Å². The van der Waals surface area contributed by atoms with E-state index in [2.05, 4.69) is 21.2 Å². The Labute approximate surface area is 136 Å². The molecule has 0 aromatic heterocycles. The van der Waals surface area contributed by atoms with Crippen molar-refractivity contribution in [2.45, 2.75) is 37.6 Å². The van der Waals surface area contributed by atoms with E-state index in [1.165, 1.54) is 12.1 Å². The maximum Gasteiger partial charge on any atom is 0.262 e. The van der Waals surface area contributed by atoms with Crippen LogP contribution < -0.4 is 5.32 Å². The van der Waals surface area contributed by atoms with Gasteiger partial charge in [-0.05, 0) is 25.5 Å². The molecule has 1 atom stereocenters. The highest BCUT2D eigenvalue weighted by atomic mass is 79.9. The SMILES string of the molecule is CCCC(C)NC(=O)c1cc(Br)cc(S(=O)(=O)Cl)c1Cl. The zero-order chi connectivity index (χ0) is 15.5. The van der Waals surface area contributed by atoms with Crippen LogP contribution >= 0.6 is 38.2 Å². The van der Waals surface area contributed by atoms with E-state index in [1.807, 2.05) is 13.8 Å². The Morgan fingerprint density at radius 2 is 2.05 bits per heavy atom. The number of amides is 1. The second-order valence-corrected chi connectivity index (χ2v) is 8.19. The molecule has 1 aromatic rings. The number of nitrogens with one attached hydrogen (secondary N) is 1. The molecule has 8 heteroatoms. The normalized spacial score (nSPS) is 13.1. The van der Waals surface area contributed by atoms with Crippen molar-refractivity contribution in [2.75, 3.05) is 0 Å². The van der Waals surface area contributed by atoms with Gasteiger partial charge in [0.15, 0.2) is 0 Å². The van der Waals surface area contributed by atoms with Gasteiger partial charge in [0.2, 0.25) is 0 Å². The average molecular weight is 403 g/mol. The molecule has 0 saturated carbocycles. The molecular formula is C12H14BrCl2NO3S. The number of hydrogen-bond acceptors (Lipinski definition) is 3. The quantitative estimate of drug-likeness (QED) is 0.758. The first-order chi connectivity index (χ1) is 9.16. The van der Waals surface area contributed by atoms with Crippen LogP contribution in [-0.2, 0) is 9.05 Å². The van der Waals surface area contributed by atoms with Gasteiger partial charge in [-0.15, -0.1) is 0 Å². The number of rotatable bonds is 5. The van der Waals surface area contributed by atoms with Crippen LogP contribution in [0.25, 0.3) is 0 Å². The second kappa shape index (κ2) is 7.11. The lowest BCUT2D eigenvalue weighted by Gasteiger charge is -2.14. The molecule has 1 unspecified atom stereocenters. The molecule has 0 aliphatic rings. The van der Waals surface area contributed by atoms with E-state index in [1.54, 1.807) is 0 Å². The van der Waals surface area contributed by atoms with Gasteiger partial charge >= 0.3 is 0 Å². The zero-order valence-corrected chi connectivity index (χ0v) is 14.8. The van der Waals surface area contributed by atoms with E-state index in [0.29, 0.717) is 4.47 Å². The maximum atomic E-state index is 12.1. The Hall–Kier alpha value is -0.300. The summed E-state index contributed by atoms with van der Waals surface area (Å²) in [6.07, 6.45) is 1.74. The number of benzene rings is 1. The van der Waals surface area contributed by atoms with Crippen LogP contribution in [0, 0.1) is 0 Å². The van der Waals surface area contributed by atoms with Crippen molar-refractivity contribution in [1.29, 1.82) is 0 Å². The molecule has 20 heavy (non-hydrogen) atoms. The zero-order valence-electron chi connectivity index (χ0n) is 10.9. The lowest BCUT2D eigenvalue weighted by Crippen LogP contribution is -2.32. The third kappa shape index (κ3) is 4.62. The fraction of sp³-hybridized carbons (Fsp3) is 0.417. The second-order valence-electron chi connectivity index (χ2n) is 4.37. The van der Waals surface area contributed by atoms with Crippen molar-refractivity contribution in [3.8, 4) is 0 Å². The van der Waals surface area contributed by atoms with Crippen molar-refractivity contribution < 1.29 is 13.2 Å². The lowest BCUT2D eigenvalue weighted by molar-refractivity contribution is 0.0938. The highest BCUT2D eigenvalue weighted by molar-refractivity contribution is 9.10. The minimum atomic E-state index is -4.02. The standard InChI is InChI=1S/C12H14BrCl2NO3S/c1-3-4-7(2)16-12(17)9-5-8(13)6-10(11(9)14)20(15,18)19/h5-7H,3-4H2,1-2H3,(H,16,17). The van der Waals surface area contributed by atoms with Gasteiger partial charge < -0.3 is 5.32 Å². The molecule has 0 aliphatic carbocycles. The molecule has 1 amide bonds. The first kappa shape index (κ1) is 17.8. The number of carbonyl (C=O) groups is 1. The molecule has 1 aromatic carbocycles. The molecule has 0 fully saturated rings. The summed E-state index contributed by atoms with van der Waals surface area (Å²) >= 11 is 9.12. The van der Waals surface area contributed by atoms with Gasteiger partial charge in [0, 0.05) is 21.2 Å². The van der Waals surface area contributed by atoms with Crippen molar-refractivity contribution in [2.24, 2.45) is 0 Å². The van der Waals surface area contributed by atoms with Crippen LogP contribution in [0.4, 0.5) is 0 Å². The van der Waals surface area contributed by atoms with E-state index in [-0.39, 0.29) is 21.5 Å². The smallest absolute Gasteiger partial charge is 0.262 e. The fourth-order valence-electron chi connectivity index (χ4n) is 1.71. The third-order valence-corrected chi connectivity index (χ3v) is 4.93. The average Bonchev–Trinajstić information content (AvgIpc) is 2.30. The number of halogens is 3. The topological polar surface area (TPSA) is 63.2 Å². The van der Waals surface area contributed by atoms with E-state index in [4.69, 9.17) is 22.3 Å². The highest BCUT2D eigenvalue weighted by Crippen LogP contribution is 2.31. The lowest BCUT2D eigenvalue weighted by atomic mass is 10.1. The fourth-order valence-corrected chi connectivity index (χ4v) is 3.90. The van der Waals surface area contributed by atoms with Crippen molar-refractivity contribution >= 4 is 53.2 Å². The van der Waals surface area contributed by atoms with E-state index < -0.39 is 15.0 Å². The summed E-state index contributed by atoms with van der Waals surface area (Å²) in [5.41, 5.74) is 0.0724. The summed E-state index contributed by atoms with van der Waals surface area (Å²) in [5.74, 6) is -0.432. The van der Waals surface area contributed by atoms with Gasteiger partial charge in [-0.1, -0.05) is 40.9 Å². The number of carbonyl (C=O) groups excluding carboxylic acids is 1.